The number of benzene rings is 2. The number of carbonyl (C=O) groups excluding carboxylic acids is 1. The lowest BCUT2D eigenvalue weighted by Crippen LogP contribution is -2.14. The van der Waals surface area contributed by atoms with Gasteiger partial charge in [-0.2, -0.15) is 0 Å². The van der Waals surface area contributed by atoms with Crippen LogP contribution in [0.15, 0.2) is 60.9 Å². The fourth-order valence-corrected chi connectivity index (χ4v) is 2.21. The van der Waals surface area contributed by atoms with Gasteiger partial charge in [-0.3, -0.25) is 4.79 Å². The Morgan fingerprint density at radius 1 is 1.04 bits per heavy atom. The van der Waals surface area contributed by atoms with Gasteiger partial charge < -0.3 is 10.6 Å². The zero-order valence-electron chi connectivity index (χ0n) is 13.7. The third-order valence-corrected chi connectivity index (χ3v) is 3.60. The Hall–Kier alpha value is -3.28. The highest BCUT2D eigenvalue weighted by atomic mass is 19.1. The quantitative estimate of drug-likeness (QED) is 0.744. The van der Waals surface area contributed by atoms with Crippen molar-refractivity contribution in [3.05, 3.63) is 83.6 Å². The van der Waals surface area contributed by atoms with E-state index in [1.807, 2.05) is 31.2 Å². The third kappa shape index (κ3) is 4.60. The minimum atomic E-state index is -0.382. The smallest absolute Gasteiger partial charge is 0.274 e. The summed E-state index contributed by atoms with van der Waals surface area (Å²) in [5.41, 5.74) is 3.04. The number of nitrogens with zero attached hydrogens (tertiary/aromatic N) is 2. The van der Waals surface area contributed by atoms with Crippen LogP contribution in [0.3, 0.4) is 0 Å². The molecule has 3 rings (SSSR count). The standard InChI is InChI=1S/C19H17FN4O/c1-13-2-4-14(5-3-13)11-21-18-10-17(22-12-23-18)19(25)24-16-8-6-15(20)7-9-16/h2-10,12H,11H2,1H3,(H,24,25)(H,21,22,23). The lowest BCUT2D eigenvalue weighted by atomic mass is 10.1. The zero-order valence-corrected chi connectivity index (χ0v) is 13.7. The van der Waals surface area contributed by atoms with E-state index in [4.69, 9.17) is 0 Å². The van der Waals surface area contributed by atoms with E-state index in [1.165, 1.54) is 36.2 Å². The molecule has 0 fully saturated rings. The van der Waals surface area contributed by atoms with Crippen LogP contribution in [0.1, 0.15) is 21.6 Å². The van der Waals surface area contributed by atoms with Gasteiger partial charge in [0, 0.05) is 18.3 Å². The molecule has 0 aliphatic rings. The van der Waals surface area contributed by atoms with Crippen molar-refractivity contribution in [2.24, 2.45) is 0 Å². The summed E-state index contributed by atoms with van der Waals surface area (Å²) in [7, 11) is 0. The molecular weight excluding hydrogens is 319 g/mol. The van der Waals surface area contributed by atoms with Crippen LogP contribution in [0.2, 0.25) is 0 Å². The summed E-state index contributed by atoms with van der Waals surface area (Å²) in [5, 5.41) is 5.84. The largest absolute Gasteiger partial charge is 0.366 e. The number of hydrogen-bond donors (Lipinski definition) is 2. The van der Waals surface area contributed by atoms with Gasteiger partial charge in [-0.25, -0.2) is 14.4 Å². The van der Waals surface area contributed by atoms with Crippen LogP contribution in [0.5, 0.6) is 0 Å². The average Bonchev–Trinajstić information content (AvgIpc) is 2.63. The highest BCUT2D eigenvalue weighted by Gasteiger charge is 2.09. The van der Waals surface area contributed by atoms with Crippen LogP contribution in [-0.2, 0) is 6.54 Å². The molecule has 5 nitrogen and oxygen atoms in total. The minimum Gasteiger partial charge on any atom is -0.366 e. The van der Waals surface area contributed by atoms with Crippen molar-refractivity contribution in [1.29, 1.82) is 0 Å². The topological polar surface area (TPSA) is 66.9 Å². The zero-order chi connectivity index (χ0) is 17.6. The van der Waals surface area contributed by atoms with E-state index in [2.05, 4.69) is 20.6 Å². The van der Waals surface area contributed by atoms with Gasteiger partial charge in [0.25, 0.3) is 5.91 Å². The molecule has 3 aromatic rings. The van der Waals surface area contributed by atoms with Gasteiger partial charge in [0.1, 0.15) is 23.7 Å². The van der Waals surface area contributed by atoms with E-state index in [0.29, 0.717) is 18.1 Å². The Kier molecular flexibility index (Phi) is 4.99. The van der Waals surface area contributed by atoms with Gasteiger partial charge in [-0.1, -0.05) is 29.8 Å². The molecule has 1 heterocycles. The predicted molar refractivity (Wildman–Crippen MR) is 94.9 cm³/mol. The van der Waals surface area contributed by atoms with Gasteiger partial charge in [0.15, 0.2) is 0 Å². The Balaban J connectivity index is 1.64. The first-order valence-electron chi connectivity index (χ1n) is 7.78. The molecule has 1 aromatic heterocycles. The van der Waals surface area contributed by atoms with Crippen LogP contribution in [-0.4, -0.2) is 15.9 Å². The van der Waals surface area contributed by atoms with Gasteiger partial charge in [0.2, 0.25) is 0 Å². The average molecular weight is 336 g/mol. The maximum absolute atomic E-state index is 12.9. The molecule has 0 unspecified atom stereocenters. The summed E-state index contributed by atoms with van der Waals surface area (Å²) in [4.78, 5) is 20.3. The van der Waals surface area contributed by atoms with Gasteiger partial charge in [-0.15, -0.1) is 0 Å². The maximum atomic E-state index is 12.9. The molecule has 0 aliphatic carbocycles. The van der Waals surface area contributed by atoms with Crippen LogP contribution < -0.4 is 10.6 Å². The van der Waals surface area contributed by atoms with Crippen LogP contribution in [0, 0.1) is 12.7 Å². The first kappa shape index (κ1) is 16.6. The molecule has 2 N–H and O–H groups in total. The molecule has 0 aliphatic heterocycles. The molecule has 0 saturated carbocycles. The first-order valence-corrected chi connectivity index (χ1v) is 7.78. The number of carbonyl (C=O) groups is 1. The molecule has 126 valence electrons. The Morgan fingerprint density at radius 3 is 2.48 bits per heavy atom. The molecule has 6 heteroatoms. The maximum Gasteiger partial charge on any atom is 0.274 e. The highest BCUT2D eigenvalue weighted by molar-refractivity contribution is 6.03. The Labute approximate surface area is 145 Å². The normalized spacial score (nSPS) is 10.3. The SMILES string of the molecule is Cc1ccc(CNc2cc(C(=O)Nc3ccc(F)cc3)ncn2)cc1. The summed E-state index contributed by atoms with van der Waals surface area (Å²) in [5.74, 6) is -0.185. The van der Waals surface area contributed by atoms with Crippen LogP contribution in [0.25, 0.3) is 0 Å². The number of rotatable bonds is 5. The first-order chi connectivity index (χ1) is 12.1. The molecule has 0 spiro atoms. The fourth-order valence-electron chi connectivity index (χ4n) is 2.21. The van der Waals surface area contributed by atoms with E-state index < -0.39 is 0 Å². The highest BCUT2D eigenvalue weighted by Crippen LogP contribution is 2.12. The number of nitrogens with one attached hydrogen (secondary N) is 2. The number of halogens is 1. The van der Waals surface area contributed by atoms with Crippen molar-refractivity contribution in [3.8, 4) is 0 Å². The summed E-state index contributed by atoms with van der Waals surface area (Å²) in [6.07, 6.45) is 1.33. The summed E-state index contributed by atoms with van der Waals surface area (Å²) in [6.45, 7) is 2.63. The Bertz CT molecular complexity index is 863. The van der Waals surface area contributed by atoms with E-state index >= 15 is 0 Å². The Morgan fingerprint density at radius 2 is 1.76 bits per heavy atom. The molecule has 0 bridgehead atoms. The molecule has 2 aromatic carbocycles. The van der Waals surface area contributed by atoms with Crippen molar-refractivity contribution < 1.29 is 9.18 Å². The lowest BCUT2D eigenvalue weighted by molar-refractivity contribution is 0.102. The van der Waals surface area contributed by atoms with Crippen molar-refractivity contribution in [1.82, 2.24) is 9.97 Å². The third-order valence-electron chi connectivity index (χ3n) is 3.60. The van der Waals surface area contributed by atoms with Gasteiger partial charge in [-0.05, 0) is 36.8 Å². The number of amides is 1. The molecule has 25 heavy (non-hydrogen) atoms. The lowest BCUT2D eigenvalue weighted by Gasteiger charge is -2.08. The summed E-state index contributed by atoms with van der Waals surface area (Å²) < 4.78 is 12.9. The van der Waals surface area contributed by atoms with Crippen molar-refractivity contribution in [3.63, 3.8) is 0 Å². The van der Waals surface area contributed by atoms with E-state index in [-0.39, 0.29) is 17.4 Å². The summed E-state index contributed by atoms with van der Waals surface area (Å²) in [6, 6.07) is 15.3. The monoisotopic (exact) mass is 336 g/mol. The second-order valence-corrected chi connectivity index (χ2v) is 5.59. The molecular formula is C19H17FN4O. The van der Waals surface area contributed by atoms with Gasteiger partial charge >= 0.3 is 0 Å². The predicted octanol–water partition coefficient (Wildman–Crippen LogP) is 3.79. The van der Waals surface area contributed by atoms with Crippen LogP contribution >= 0.6 is 0 Å². The van der Waals surface area contributed by atoms with Gasteiger partial charge in [0.05, 0.1) is 0 Å². The van der Waals surface area contributed by atoms with E-state index in [9.17, 15) is 9.18 Å². The van der Waals surface area contributed by atoms with Crippen molar-refractivity contribution in [2.75, 3.05) is 10.6 Å². The second kappa shape index (κ2) is 7.53. The number of aromatic nitrogens is 2. The second-order valence-electron chi connectivity index (χ2n) is 5.59. The summed E-state index contributed by atoms with van der Waals surface area (Å²) >= 11 is 0. The molecule has 0 radical (unpaired) electrons. The number of anilines is 2. The number of aryl methyl sites for hydroxylation is 1. The number of hydrogen-bond acceptors (Lipinski definition) is 4. The van der Waals surface area contributed by atoms with Crippen LogP contribution in [0.4, 0.5) is 15.9 Å². The molecule has 1 amide bonds. The van der Waals surface area contributed by atoms with Crippen molar-refractivity contribution >= 4 is 17.4 Å². The fraction of sp³-hybridized carbons (Fsp3) is 0.105. The van der Waals surface area contributed by atoms with Crippen molar-refractivity contribution in [2.45, 2.75) is 13.5 Å². The molecule has 0 saturated heterocycles. The molecule has 0 atom stereocenters. The van der Waals surface area contributed by atoms with E-state index in [1.54, 1.807) is 6.07 Å². The van der Waals surface area contributed by atoms with E-state index in [0.717, 1.165) is 5.56 Å². The minimum absolute atomic E-state index is 0.228.